The van der Waals surface area contributed by atoms with Gasteiger partial charge in [-0.05, 0) is 44.0 Å². The SMILES string of the molecule is COC(=O)[C@@H]1CCCN1C(=O)[C@@H](NC(=O)c1cccc(N2CCN(C)CC2)c1)C(C)C. The van der Waals surface area contributed by atoms with Gasteiger partial charge in [-0.3, -0.25) is 9.59 Å². The summed E-state index contributed by atoms with van der Waals surface area (Å²) < 4.78 is 4.85. The molecule has 0 radical (unpaired) electrons. The summed E-state index contributed by atoms with van der Waals surface area (Å²) in [5.41, 5.74) is 1.54. The second-order valence-electron chi connectivity index (χ2n) is 8.75. The van der Waals surface area contributed by atoms with Gasteiger partial charge in [-0.15, -0.1) is 0 Å². The maximum Gasteiger partial charge on any atom is 0.328 e. The topological polar surface area (TPSA) is 82.2 Å². The molecule has 1 aromatic carbocycles. The molecule has 2 fully saturated rings. The molecule has 3 rings (SSSR count). The number of hydrogen-bond acceptors (Lipinski definition) is 6. The van der Waals surface area contributed by atoms with Crippen molar-refractivity contribution in [1.82, 2.24) is 15.1 Å². The predicted molar refractivity (Wildman–Crippen MR) is 119 cm³/mol. The van der Waals surface area contributed by atoms with Gasteiger partial charge in [0.1, 0.15) is 12.1 Å². The summed E-state index contributed by atoms with van der Waals surface area (Å²) in [7, 11) is 3.44. The van der Waals surface area contributed by atoms with E-state index in [1.807, 2.05) is 32.0 Å². The highest BCUT2D eigenvalue weighted by molar-refractivity contribution is 5.99. The van der Waals surface area contributed by atoms with Crippen molar-refractivity contribution < 1.29 is 19.1 Å². The number of rotatable bonds is 6. The van der Waals surface area contributed by atoms with Crippen LogP contribution in [0.2, 0.25) is 0 Å². The molecule has 0 unspecified atom stereocenters. The van der Waals surface area contributed by atoms with Gasteiger partial charge in [0.05, 0.1) is 7.11 Å². The molecule has 170 valence electrons. The fourth-order valence-electron chi connectivity index (χ4n) is 4.24. The van der Waals surface area contributed by atoms with Crippen LogP contribution in [0.15, 0.2) is 24.3 Å². The van der Waals surface area contributed by atoms with Crippen LogP contribution in [0.25, 0.3) is 0 Å². The van der Waals surface area contributed by atoms with Gasteiger partial charge >= 0.3 is 5.97 Å². The molecule has 31 heavy (non-hydrogen) atoms. The van der Waals surface area contributed by atoms with Gasteiger partial charge < -0.3 is 24.8 Å². The largest absolute Gasteiger partial charge is 0.467 e. The van der Waals surface area contributed by atoms with Gasteiger partial charge in [0.25, 0.3) is 5.91 Å². The first-order valence-electron chi connectivity index (χ1n) is 11.0. The molecule has 2 heterocycles. The van der Waals surface area contributed by atoms with Crippen LogP contribution < -0.4 is 10.2 Å². The number of carbonyl (C=O) groups excluding carboxylic acids is 3. The van der Waals surface area contributed by atoms with E-state index < -0.39 is 18.1 Å². The standard InChI is InChI=1S/C23H34N4O4/c1-16(2)20(22(29)27-10-6-9-19(27)23(30)31-4)24-21(28)17-7-5-8-18(15-17)26-13-11-25(3)12-14-26/h5,7-8,15-16,19-20H,6,9-14H2,1-4H3,(H,24,28)/t19-,20-/m0/s1. The Hall–Kier alpha value is -2.61. The molecule has 8 heteroatoms. The molecular weight excluding hydrogens is 396 g/mol. The average Bonchev–Trinajstić information content (AvgIpc) is 3.26. The number of nitrogens with one attached hydrogen (secondary N) is 1. The number of carbonyl (C=O) groups is 3. The van der Waals surface area contributed by atoms with Gasteiger partial charge in [0, 0.05) is 44.0 Å². The van der Waals surface area contributed by atoms with Crippen molar-refractivity contribution in [3.8, 4) is 0 Å². The number of piperazine rings is 1. The van der Waals surface area contributed by atoms with E-state index in [9.17, 15) is 14.4 Å². The fraction of sp³-hybridized carbons (Fsp3) is 0.609. The molecule has 2 aliphatic heterocycles. The highest BCUT2D eigenvalue weighted by Gasteiger charge is 2.39. The van der Waals surface area contributed by atoms with Crippen molar-refractivity contribution in [2.45, 2.75) is 38.8 Å². The van der Waals surface area contributed by atoms with Crippen molar-refractivity contribution in [2.75, 3.05) is 51.8 Å². The molecule has 1 N–H and O–H groups in total. The zero-order valence-corrected chi connectivity index (χ0v) is 19.0. The summed E-state index contributed by atoms with van der Waals surface area (Å²) in [6.45, 7) is 8.09. The van der Waals surface area contributed by atoms with Crippen LogP contribution in [0.5, 0.6) is 0 Å². The second-order valence-corrected chi connectivity index (χ2v) is 8.75. The fourth-order valence-corrected chi connectivity index (χ4v) is 4.24. The normalized spacial score (nSPS) is 20.6. The van der Waals surface area contributed by atoms with Crippen LogP contribution in [-0.2, 0) is 14.3 Å². The minimum absolute atomic E-state index is 0.115. The number of amides is 2. The number of esters is 1. The Kier molecular flexibility index (Phi) is 7.54. The summed E-state index contributed by atoms with van der Waals surface area (Å²) in [4.78, 5) is 44.4. The second kappa shape index (κ2) is 10.1. The average molecular weight is 431 g/mol. The molecule has 0 aromatic heterocycles. The van der Waals surface area contributed by atoms with Crippen LogP contribution in [-0.4, -0.2) is 86.5 Å². The Morgan fingerprint density at radius 3 is 2.45 bits per heavy atom. The highest BCUT2D eigenvalue weighted by Crippen LogP contribution is 2.22. The smallest absolute Gasteiger partial charge is 0.328 e. The summed E-state index contributed by atoms with van der Waals surface area (Å²) >= 11 is 0. The highest BCUT2D eigenvalue weighted by atomic mass is 16.5. The zero-order valence-electron chi connectivity index (χ0n) is 19.0. The summed E-state index contributed by atoms with van der Waals surface area (Å²) in [6.07, 6.45) is 1.33. The van der Waals surface area contributed by atoms with Gasteiger partial charge in [0.2, 0.25) is 5.91 Å². The lowest BCUT2D eigenvalue weighted by molar-refractivity contribution is -0.151. The molecule has 2 amide bonds. The van der Waals surface area contributed by atoms with E-state index >= 15 is 0 Å². The number of benzene rings is 1. The van der Waals surface area contributed by atoms with Crippen LogP contribution in [0.3, 0.4) is 0 Å². The molecule has 2 atom stereocenters. The van der Waals surface area contributed by atoms with Gasteiger partial charge in [-0.2, -0.15) is 0 Å². The molecule has 2 saturated heterocycles. The van der Waals surface area contributed by atoms with Gasteiger partial charge in [0.15, 0.2) is 0 Å². The summed E-state index contributed by atoms with van der Waals surface area (Å²) in [5.74, 6) is -1.03. The monoisotopic (exact) mass is 430 g/mol. The van der Waals surface area contributed by atoms with Crippen LogP contribution in [0.1, 0.15) is 37.0 Å². The maximum atomic E-state index is 13.2. The maximum absolute atomic E-state index is 13.2. The van der Waals surface area contributed by atoms with Crippen molar-refractivity contribution in [1.29, 1.82) is 0 Å². The molecule has 0 bridgehead atoms. The molecular formula is C23H34N4O4. The third-order valence-electron chi connectivity index (χ3n) is 6.21. The number of ether oxygens (including phenoxy) is 1. The predicted octanol–water partition coefficient (Wildman–Crippen LogP) is 1.36. The van der Waals surface area contributed by atoms with Gasteiger partial charge in [-0.1, -0.05) is 19.9 Å². The van der Waals surface area contributed by atoms with E-state index in [0.717, 1.165) is 38.3 Å². The first-order chi connectivity index (χ1) is 14.8. The van der Waals surface area contributed by atoms with Crippen LogP contribution >= 0.6 is 0 Å². The number of nitrogens with zero attached hydrogens (tertiary/aromatic N) is 3. The molecule has 1 aromatic rings. The van der Waals surface area contributed by atoms with Crippen molar-refractivity contribution in [3.05, 3.63) is 29.8 Å². The summed E-state index contributed by atoms with van der Waals surface area (Å²) in [6, 6.07) is 6.27. The van der Waals surface area contributed by atoms with Crippen molar-refractivity contribution in [3.63, 3.8) is 0 Å². The van der Waals surface area contributed by atoms with E-state index in [-0.39, 0.29) is 17.7 Å². The molecule has 0 spiro atoms. The van der Waals surface area contributed by atoms with Crippen LogP contribution in [0, 0.1) is 5.92 Å². The quantitative estimate of drug-likeness (QED) is 0.687. The van der Waals surface area contributed by atoms with E-state index in [2.05, 4.69) is 22.2 Å². The Bertz CT molecular complexity index is 805. The zero-order chi connectivity index (χ0) is 22.5. The molecule has 8 nitrogen and oxygen atoms in total. The number of methoxy groups -OCH3 is 1. The van der Waals surface area contributed by atoms with Gasteiger partial charge in [-0.25, -0.2) is 4.79 Å². The Morgan fingerprint density at radius 1 is 1.10 bits per heavy atom. The van der Waals surface area contributed by atoms with E-state index in [1.165, 1.54) is 7.11 Å². The van der Waals surface area contributed by atoms with Crippen LogP contribution in [0.4, 0.5) is 5.69 Å². The number of likely N-dealkylation sites (N-methyl/N-ethyl adjacent to an activating group) is 1. The first-order valence-corrected chi connectivity index (χ1v) is 11.0. The third kappa shape index (κ3) is 5.36. The van der Waals surface area contributed by atoms with E-state index in [1.54, 1.807) is 11.0 Å². The molecule has 0 aliphatic carbocycles. The number of likely N-dealkylation sites (tertiary alicyclic amines) is 1. The Labute approximate surface area is 184 Å². The Morgan fingerprint density at radius 2 is 1.81 bits per heavy atom. The minimum Gasteiger partial charge on any atom is -0.467 e. The lowest BCUT2D eigenvalue weighted by Crippen LogP contribution is -2.54. The third-order valence-corrected chi connectivity index (χ3v) is 6.21. The lowest BCUT2D eigenvalue weighted by atomic mass is 10.0. The number of anilines is 1. The lowest BCUT2D eigenvalue weighted by Gasteiger charge is -2.34. The number of hydrogen-bond donors (Lipinski definition) is 1. The van der Waals surface area contributed by atoms with E-state index in [0.29, 0.717) is 18.5 Å². The molecule has 0 saturated carbocycles. The van der Waals surface area contributed by atoms with E-state index in [4.69, 9.17) is 4.74 Å². The Balaban J connectivity index is 1.71. The summed E-state index contributed by atoms with van der Waals surface area (Å²) in [5, 5.41) is 2.92. The van der Waals surface area contributed by atoms with Crippen molar-refractivity contribution in [2.24, 2.45) is 5.92 Å². The minimum atomic E-state index is -0.704. The first kappa shape index (κ1) is 23.1. The van der Waals surface area contributed by atoms with Crippen molar-refractivity contribution >= 4 is 23.5 Å². The molecule has 2 aliphatic rings.